The van der Waals surface area contributed by atoms with E-state index >= 15 is 0 Å². The number of amides is 2. The fraction of sp³-hybridized carbons (Fsp3) is 0.333. The van der Waals surface area contributed by atoms with Crippen molar-refractivity contribution in [3.63, 3.8) is 0 Å². The van der Waals surface area contributed by atoms with E-state index in [1.807, 2.05) is 6.92 Å². The van der Waals surface area contributed by atoms with E-state index in [0.717, 1.165) is 12.8 Å². The van der Waals surface area contributed by atoms with Crippen LogP contribution in [0, 0.1) is 0 Å². The molecule has 1 atom stereocenters. The molecule has 1 aliphatic heterocycles. The maximum absolute atomic E-state index is 13.1. The van der Waals surface area contributed by atoms with Crippen LogP contribution in [0.1, 0.15) is 47.4 Å². The normalized spacial score (nSPS) is 15.7. The van der Waals surface area contributed by atoms with E-state index in [1.54, 1.807) is 59.3 Å². The topological polar surface area (TPSA) is 57.7 Å². The average molecular weight is 385 g/mol. The summed E-state index contributed by atoms with van der Waals surface area (Å²) in [5.74, 6) is -0.286. The molecular formula is C21H24N2O3S. The SMILES string of the molecule is CCCCN(C)C(=O)c1ccc2c(c1)N(CC)C(=O)c1ccccc1[S@@]2=O. The first-order chi connectivity index (χ1) is 13.0. The predicted molar refractivity (Wildman–Crippen MR) is 107 cm³/mol. The Hall–Kier alpha value is -2.47. The average Bonchev–Trinajstić information content (AvgIpc) is 2.79. The van der Waals surface area contributed by atoms with Crippen LogP contribution in [-0.4, -0.2) is 41.1 Å². The van der Waals surface area contributed by atoms with E-state index < -0.39 is 10.8 Å². The Bertz CT molecular complexity index is 910. The summed E-state index contributed by atoms with van der Waals surface area (Å²) in [6.45, 7) is 5.07. The van der Waals surface area contributed by atoms with Gasteiger partial charge in [-0.25, -0.2) is 4.21 Å². The first-order valence-electron chi connectivity index (χ1n) is 9.21. The molecule has 27 heavy (non-hydrogen) atoms. The molecule has 0 saturated carbocycles. The highest BCUT2D eigenvalue weighted by atomic mass is 32.2. The number of carbonyl (C=O) groups excluding carboxylic acids is 2. The van der Waals surface area contributed by atoms with Crippen LogP contribution in [0.15, 0.2) is 52.3 Å². The van der Waals surface area contributed by atoms with Crippen molar-refractivity contribution in [3.05, 3.63) is 53.6 Å². The zero-order valence-electron chi connectivity index (χ0n) is 15.9. The van der Waals surface area contributed by atoms with Gasteiger partial charge in [0.25, 0.3) is 11.8 Å². The molecule has 0 aromatic heterocycles. The van der Waals surface area contributed by atoms with Crippen LogP contribution in [0.4, 0.5) is 5.69 Å². The largest absolute Gasteiger partial charge is 0.342 e. The number of unbranched alkanes of at least 4 members (excludes halogenated alkanes) is 1. The smallest absolute Gasteiger partial charge is 0.259 e. The second-order valence-electron chi connectivity index (χ2n) is 6.58. The summed E-state index contributed by atoms with van der Waals surface area (Å²) in [4.78, 5) is 30.1. The van der Waals surface area contributed by atoms with Gasteiger partial charge < -0.3 is 9.80 Å². The van der Waals surface area contributed by atoms with Crippen molar-refractivity contribution in [2.24, 2.45) is 0 Å². The quantitative estimate of drug-likeness (QED) is 0.790. The molecule has 0 unspecified atom stereocenters. The second-order valence-corrected chi connectivity index (χ2v) is 7.99. The van der Waals surface area contributed by atoms with E-state index in [-0.39, 0.29) is 11.8 Å². The number of fused-ring (bicyclic) bond motifs is 2. The zero-order valence-corrected chi connectivity index (χ0v) is 16.7. The van der Waals surface area contributed by atoms with Crippen LogP contribution in [0.25, 0.3) is 0 Å². The molecule has 1 aliphatic rings. The molecule has 2 aromatic rings. The maximum Gasteiger partial charge on any atom is 0.259 e. The molecule has 0 aliphatic carbocycles. The van der Waals surface area contributed by atoms with Gasteiger partial charge in [0, 0.05) is 25.7 Å². The van der Waals surface area contributed by atoms with E-state index in [4.69, 9.17) is 0 Å². The Morgan fingerprint density at radius 2 is 1.85 bits per heavy atom. The first-order valence-corrected chi connectivity index (χ1v) is 10.4. The lowest BCUT2D eigenvalue weighted by molar-refractivity contribution is 0.0792. The predicted octanol–water partition coefficient (Wildman–Crippen LogP) is 3.71. The highest BCUT2D eigenvalue weighted by Gasteiger charge is 2.30. The summed E-state index contributed by atoms with van der Waals surface area (Å²) in [7, 11) is 0.303. The van der Waals surface area contributed by atoms with Gasteiger partial charge in [-0.1, -0.05) is 25.5 Å². The molecule has 1 heterocycles. The fourth-order valence-corrected chi connectivity index (χ4v) is 4.57. The molecule has 0 bridgehead atoms. The lowest BCUT2D eigenvalue weighted by atomic mass is 10.1. The van der Waals surface area contributed by atoms with Gasteiger partial charge in [-0.15, -0.1) is 0 Å². The molecule has 0 fully saturated rings. The first kappa shape index (κ1) is 19.3. The van der Waals surface area contributed by atoms with Gasteiger partial charge in [0.05, 0.1) is 31.8 Å². The summed E-state index contributed by atoms with van der Waals surface area (Å²) in [6.07, 6.45) is 1.95. The van der Waals surface area contributed by atoms with Crippen LogP contribution < -0.4 is 4.90 Å². The number of rotatable bonds is 5. The number of hydrogen-bond acceptors (Lipinski definition) is 3. The molecule has 0 radical (unpaired) electrons. The maximum atomic E-state index is 13.1. The number of benzene rings is 2. The summed E-state index contributed by atoms with van der Waals surface area (Å²) in [5, 5.41) is 0. The highest BCUT2D eigenvalue weighted by molar-refractivity contribution is 7.85. The Kier molecular flexibility index (Phi) is 5.75. The third kappa shape index (κ3) is 3.54. The molecule has 5 nitrogen and oxygen atoms in total. The van der Waals surface area contributed by atoms with Gasteiger partial charge in [-0.2, -0.15) is 0 Å². The molecule has 0 spiro atoms. The van der Waals surface area contributed by atoms with E-state index in [1.165, 1.54) is 0 Å². The van der Waals surface area contributed by atoms with Crippen molar-refractivity contribution >= 4 is 28.3 Å². The minimum absolute atomic E-state index is 0.0951. The monoisotopic (exact) mass is 384 g/mol. The van der Waals surface area contributed by atoms with E-state index in [9.17, 15) is 13.8 Å². The van der Waals surface area contributed by atoms with Gasteiger partial charge in [0.15, 0.2) is 0 Å². The van der Waals surface area contributed by atoms with Crippen LogP contribution in [0.5, 0.6) is 0 Å². The van der Waals surface area contributed by atoms with Crippen molar-refractivity contribution in [2.45, 2.75) is 36.5 Å². The Morgan fingerprint density at radius 3 is 2.56 bits per heavy atom. The standard InChI is InChI=1S/C21H24N2O3S/c1-4-6-13-22(3)20(24)15-11-12-19-17(14-15)23(5-2)21(25)16-9-7-8-10-18(16)27(19)26/h7-12,14H,4-6,13H2,1-3H3/t27-/m0/s1. The third-order valence-electron chi connectivity index (χ3n) is 4.77. The number of hydrogen-bond donors (Lipinski definition) is 0. The Balaban J connectivity index is 2.07. The van der Waals surface area contributed by atoms with Crippen LogP contribution in [0.3, 0.4) is 0 Å². The number of carbonyl (C=O) groups is 2. The molecule has 3 rings (SSSR count). The van der Waals surface area contributed by atoms with Gasteiger partial charge in [-0.3, -0.25) is 9.59 Å². The summed E-state index contributed by atoms with van der Waals surface area (Å²) in [6, 6.07) is 12.1. The highest BCUT2D eigenvalue weighted by Crippen LogP contribution is 2.35. The van der Waals surface area contributed by atoms with Crippen molar-refractivity contribution in [1.29, 1.82) is 0 Å². The van der Waals surface area contributed by atoms with Gasteiger partial charge >= 0.3 is 0 Å². The number of nitrogens with zero attached hydrogens (tertiary/aromatic N) is 2. The fourth-order valence-electron chi connectivity index (χ4n) is 3.23. The van der Waals surface area contributed by atoms with Crippen molar-refractivity contribution in [2.75, 3.05) is 25.0 Å². The van der Waals surface area contributed by atoms with Crippen molar-refractivity contribution < 1.29 is 13.8 Å². The molecule has 142 valence electrons. The Morgan fingerprint density at radius 1 is 1.11 bits per heavy atom. The summed E-state index contributed by atoms with van der Waals surface area (Å²) < 4.78 is 13.1. The Labute approximate surface area is 162 Å². The number of anilines is 1. The zero-order chi connectivity index (χ0) is 19.6. The van der Waals surface area contributed by atoms with Gasteiger partial charge in [0.1, 0.15) is 0 Å². The summed E-state index contributed by atoms with van der Waals surface area (Å²) in [5.41, 5.74) is 1.50. The van der Waals surface area contributed by atoms with Crippen LogP contribution in [0.2, 0.25) is 0 Å². The van der Waals surface area contributed by atoms with E-state index in [2.05, 4.69) is 6.92 Å². The third-order valence-corrected chi connectivity index (χ3v) is 6.27. The minimum Gasteiger partial charge on any atom is -0.342 e. The van der Waals surface area contributed by atoms with Crippen LogP contribution in [-0.2, 0) is 10.8 Å². The molecule has 0 saturated heterocycles. The lowest BCUT2D eigenvalue weighted by Gasteiger charge is -2.23. The van der Waals surface area contributed by atoms with Crippen LogP contribution >= 0.6 is 0 Å². The summed E-state index contributed by atoms with van der Waals surface area (Å²) >= 11 is 0. The second kappa shape index (κ2) is 8.05. The molecule has 6 heteroatoms. The molecular weight excluding hydrogens is 360 g/mol. The lowest BCUT2D eigenvalue weighted by Crippen LogP contribution is -2.31. The van der Waals surface area contributed by atoms with Crippen molar-refractivity contribution in [3.8, 4) is 0 Å². The minimum atomic E-state index is -1.47. The van der Waals surface area contributed by atoms with Crippen molar-refractivity contribution in [1.82, 2.24) is 4.90 Å². The molecule has 2 amide bonds. The molecule has 0 N–H and O–H groups in total. The van der Waals surface area contributed by atoms with Gasteiger partial charge in [0.2, 0.25) is 0 Å². The van der Waals surface area contributed by atoms with Gasteiger partial charge in [-0.05, 0) is 43.7 Å². The van der Waals surface area contributed by atoms with E-state index in [0.29, 0.717) is 39.7 Å². The molecule has 2 aromatic carbocycles.